The number of hydrogen-bond donors (Lipinski definition) is 2. The van der Waals surface area contributed by atoms with Crippen molar-refractivity contribution in [1.29, 1.82) is 0 Å². The fourth-order valence-electron chi connectivity index (χ4n) is 1.08. The lowest BCUT2D eigenvalue weighted by molar-refractivity contribution is 0.254. The van der Waals surface area contributed by atoms with Crippen LogP contribution in [0.2, 0.25) is 0 Å². The van der Waals surface area contributed by atoms with Crippen molar-refractivity contribution >= 4 is 11.7 Å². The number of rotatable bonds is 3. The maximum Gasteiger partial charge on any atom is 0.323 e. The van der Waals surface area contributed by atoms with Gasteiger partial charge in [-0.2, -0.15) is 0 Å². The van der Waals surface area contributed by atoms with Crippen LogP contribution in [0.3, 0.4) is 0 Å². The van der Waals surface area contributed by atoms with E-state index in [0.29, 0.717) is 0 Å². The van der Waals surface area contributed by atoms with E-state index >= 15 is 0 Å². The van der Waals surface area contributed by atoms with E-state index in [4.69, 9.17) is 0 Å². The average molecular weight is 240 g/mol. The maximum atomic E-state index is 13.2. The minimum atomic E-state index is -0.812. The first-order valence-corrected chi connectivity index (χ1v) is 5.19. The highest BCUT2D eigenvalue weighted by molar-refractivity contribution is 5.90. The van der Waals surface area contributed by atoms with Gasteiger partial charge in [-0.1, -0.05) is 26.0 Å². The van der Waals surface area contributed by atoms with Crippen LogP contribution < -0.4 is 10.6 Å². The maximum absolute atomic E-state index is 13.2. The fourth-order valence-corrected chi connectivity index (χ4v) is 1.08. The van der Waals surface area contributed by atoms with E-state index in [9.17, 15) is 13.6 Å². The summed E-state index contributed by atoms with van der Waals surface area (Å²) in [6, 6.07) is 2.68. The van der Waals surface area contributed by atoms with Gasteiger partial charge in [-0.05, 0) is 18.1 Å². The van der Waals surface area contributed by atoms with Crippen LogP contribution in [0.15, 0.2) is 30.5 Å². The normalized spacial score (nSPS) is 10.9. The van der Waals surface area contributed by atoms with Gasteiger partial charge in [-0.25, -0.2) is 13.6 Å². The molecule has 17 heavy (non-hydrogen) atoms. The zero-order valence-corrected chi connectivity index (χ0v) is 9.63. The number of anilines is 1. The highest BCUT2D eigenvalue weighted by Gasteiger charge is 2.10. The Kier molecular flexibility index (Phi) is 4.63. The lowest BCUT2D eigenvalue weighted by Crippen LogP contribution is -2.25. The summed E-state index contributed by atoms with van der Waals surface area (Å²) in [7, 11) is 0. The van der Waals surface area contributed by atoms with E-state index < -0.39 is 23.4 Å². The van der Waals surface area contributed by atoms with Gasteiger partial charge in [0.25, 0.3) is 0 Å². The van der Waals surface area contributed by atoms with Crippen molar-refractivity contribution in [2.75, 3.05) is 5.32 Å². The van der Waals surface area contributed by atoms with Crippen LogP contribution in [0.25, 0.3) is 0 Å². The first-order valence-electron chi connectivity index (χ1n) is 5.19. The molecule has 0 aliphatic carbocycles. The Bertz CT molecular complexity index is 410. The first-order chi connectivity index (χ1) is 8.00. The number of amides is 2. The molecular formula is C12H14F2N2O. The number of para-hydroxylation sites is 1. The van der Waals surface area contributed by atoms with Crippen molar-refractivity contribution in [2.45, 2.75) is 13.8 Å². The zero-order chi connectivity index (χ0) is 12.8. The van der Waals surface area contributed by atoms with Gasteiger partial charge >= 0.3 is 6.03 Å². The number of halogens is 2. The van der Waals surface area contributed by atoms with Crippen LogP contribution >= 0.6 is 0 Å². The van der Waals surface area contributed by atoms with Crippen LogP contribution in [-0.4, -0.2) is 6.03 Å². The molecule has 5 heteroatoms. The Morgan fingerprint density at radius 2 is 1.88 bits per heavy atom. The minimum absolute atomic E-state index is 0.278. The number of allylic oxidation sites excluding steroid dienone is 1. The van der Waals surface area contributed by atoms with Crippen molar-refractivity contribution in [3.8, 4) is 0 Å². The van der Waals surface area contributed by atoms with Gasteiger partial charge in [0.15, 0.2) is 0 Å². The van der Waals surface area contributed by atoms with Crippen molar-refractivity contribution in [3.63, 3.8) is 0 Å². The van der Waals surface area contributed by atoms with Crippen LogP contribution in [0.4, 0.5) is 19.3 Å². The predicted molar refractivity (Wildman–Crippen MR) is 62.5 cm³/mol. The summed E-state index contributed by atoms with van der Waals surface area (Å²) in [6.45, 7) is 3.87. The monoisotopic (exact) mass is 240 g/mol. The number of carbonyl (C=O) groups excluding carboxylic acids is 1. The second-order valence-electron chi connectivity index (χ2n) is 3.80. The average Bonchev–Trinajstić information content (AvgIpc) is 2.23. The molecule has 2 N–H and O–H groups in total. The molecule has 2 amide bonds. The summed E-state index contributed by atoms with van der Waals surface area (Å²) in [5.74, 6) is -1.35. The summed E-state index contributed by atoms with van der Waals surface area (Å²) in [5, 5.41) is 4.45. The van der Waals surface area contributed by atoms with Crippen molar-refractivity contribution in [2.24, 2.45) is 5.92 Å². The van der Waals surface area contributed by atoms with Crippen molar-refractivity contribution in [1.82, 2.24) is 5.32 Å². The van der Waals surface area contributed by atoms with Gasteiger partial charge in [-0.15, -0.1) is 0 Å². The molecule has 0 unspecified atom stereocenters. The van der Waals surface area contributed by atoms with Crippen LogP contribution in [0.1, 0.15) is 13.8 Å². The Morgan fingerprint density at radius 3 is 2.41 bits per heavy atom. The fraction of sp³-hybridized carbons (Fsp3) is 0.250. The van der Waals surface area contributed by atoms with E-state index in [1.165, 1.54) is 12.3 Å². The minimum Gasteiger partial charge on any atom is -0.315 e. The molecule has 0 aromatic heterocycles. The van der Waals surface area contributed by atoms with Crippen molar-refractivity contribution in [3.05, 3.63) is 42.1 Å². The molecule has 1 rings (SSSR count). The summed E-state index contributed by atoms with van der Waals surface area (Å²) in [4.78, 5) is 11.3. The number of benzene rings is 1. The third kappa shape index (κ3) is 4.22. The van der Waals surface area contributed by atoms with Crippen LogP contribution in [-0.2, 0) is 0 Å². The molecule has 0 spiro atoms. The molecule has 0 saturated carbocycles. The molecule has 0 fully saturated rings. The third-order valence-electron chi connectivity index (χ3n) is 1.90. The van der Waals surface area contributed by atoms with Gasteiger partial charge in [0, 0.05) is 6.20 Å². The topological polar surface area (TPSA) is 41.1 Å². The number of urea groups is 1. The number of carbonyl (C=O) groups is 1. The van der Waals surface area contributed by atoms with E-state index in [0.717, 1.165) is 12.1 Å². The SMILES string of the molecule is CC(C)/C=C/NC(=O)Nc1c(F)cccc1F. The second kappa shape index (κ2) is 5.98. The lowest BCUT2D eigenvalue weighted by atomic mass is 10.2. The Labute approximate surface area is 98.5 Å². The van der Waals surface area contributed by atoms with Crippen LogP contribution in [0, 0.1) is 17.6 Å². The smallest absolute Gasteiger partial charge is 0.315 e. The third-order valence-corrected chi connectivity index (χ3v) is 1.90. The molecule has 0 radical (unpaired) electrons. The Balaban J connectivity index is 2.62. The molecule has 0 atom stereocenters. The van der Waals surface area contributed by atoms with Gasteiger partial charge in [0.05, 0.1) is 0 Å². The molecule has 0 bridgehead atoms. The summed E-state index contributed by atoms with van der Waals surface area (Å²) in [6.07, 6.45) is 3.18. The molecule has 3 nitrogen and oxygen atoms in total. The summed E-state index contributed by atoms with van der Waals surface area (Å²) in [5.41, 5.74) is -0.456. The van der Waals surface area contributed by atoms with Gasteiger partial charge < -0.3 is 10.6 Å². The summed E-state index contributed by atoms with van der Waals surface area (Å²) < 4.78 is 26.3. The van der Waals surface area contributed by atoms with E-state index in [-0.39, 0.29) is 5.92 Å². The molecule has 1 aromatic rings. The zero-order valence-electron chi connectivity index (χ0n) is 9.63. The Hall–Kier alpha value is -1.91. The number of nitrogens with one attached hydrogen (secondary N) is 2. The van der Waals surface area contributed by atoms with E-state index in [1.807, 2.05) is 13.8 Å². The molecule has 1 aromatic carbocycles. The molecule has 0 aliphatic rings. The van der Waals surface area contributed by atoms with Gasteiger partial charge in [0.2, 0.25) is 0 Å². The van der Waals surface area contributed by atoms with E-state index in [2.05, 4.69) is 10.6 Å². The predicted octanol–water partition coefficient (Wildman–Crippen LogP) is 3.26. The molecular weight excluding hydrogens is 226 g/mol. The largest absolute Gasteiger partial charge is 0.323 e. The lowest BCUT2D eigenvalue weighted by Gasteiger charge is -2.06. The van der Waals surface area contributed by atoms with Gasteiger partial charge in [-0.3, -0.25) is 0 Å². The van der Waals surface area contributed by atoms with Crippen molar-refractivity contribution < 1.29 is 13.6 Å². The quantitative estimate of drug-likeness (QED) is 0.836. The summed E-state index contributed by atoms with van der Waals surface area (Å²) >= 11 is 0. The number of hydrogen-bond acceptors (Lipinski definition) is 1. The molecule has 0 saturated heterocycles. The van der Waals surface area contributed by atoms with Gasteiger partial charge in [0.1, 0.15) is 17.3 Å². The molecule has 0 aliphatic heterocycles. The highest BCUT2D eigenvalue weighted by atomic mass is 19.1. The standard InChI is InChI=1S/C12H14F2N2O/c1-8(2)6-7-15-12(17)16-11-9(13)4-3-5-10(11)14/h3-8H,1-2H3,(H2,15,16,17)/b7-6+. The Morgan fingerprint density at radius 1 is 1.29 bits per heavy atom. The van der Waals surface area contributed by atoms with E-state index in [1.54, 1.807) is 6.08 Å². The molecule has 0 heterocycles. The first kappa shape index (κ1) is 13.2. The molecule has 92 valence electrons. The second-order valence-corrected chi connectivity index (χ2v) is 3.80. The van der Waals surface area contributed by atoms with Crippen LogP contribution in [0.5, 0.6) is 0 Å². The highest BCUT2D eigenvalue weighted by Crippen LogP contribution is 2.17.